The summed E-state index contributed by atoms with van der Waals surface area (Å²) in [6.45, 7) is 4.04. The van der Waals surface area contributed by atoms with E-state index in [1.807, 2.05) is 4.90 Å². The van der Waals surface area contributed by atoms with Gasteiger partial charge in [-0.05, 0) is 38.1 Å². The van der Waals surface area contributed by atoms with Crippen molar-refractivity contribution in [2.24, 2.45) is 5.92 Å². The lowest BCUT2D eigenvalue weighted by atomic mass is 9.97. The third-order valence-electron chi connectivity index (χ3n) is 4.29. The van der Waals surface area contributed by atoms with Crippen LogP contribution in [-0.4, -0.2) is 57.2 Å². The van der Waals surface area contributed by atoms with E-state index < -0.39 is 10.0 Å². The monoisotopic (exact) mass is 303 g/mol. The molecule has 3 unspecified atom stereocenters. The Labute approximate surface area is 121 Å². The number of hydrogen-bond donors (Lipinski definition) is 2. The van der Waals surface area contributed by atoms with Crippen molar-refractivity contribution < 1.29 is 13.2 Å². The van der Waals surface area contributed by atoms with Gasteiger partial charge < -0.3 is 10.2 Å². The second kappa shape index (κ2) is 6.41. The molecule has 1 amide bonds. The van der Waals surface area contributed by atoms with Gasteiger partial charge in [-0.3, -0.25) is 4.79 Å². The molecule has 3 atom stereocenters. The predicted molar refractivity (Wildman–Crippen MR) is 77.8 cm³/mol. The van der Waals surface area contributed by atoms with Gasteiger partial charge >= 0.3 is 0 Å². The number of nitrogens with one attached hydrogen (secondary N) is 2. The molecule has 2 saturated heterocycles. The largest absolute Gasteiger partial charge is 0.337 e. The molecule has 2 fully saturated rings. The summed E-state index contributed by atoms with van der Waals surface area (Å²) in [5, 5.41) is 3.27. The number of nitrogens with zero attached hydrogens (tertiary/aromatic N) is 1. The SMILES string of the molecule is CC1CCNC1C(=O)N1CCCCC1CNS(C)(=O)=O. The van der Waals surface area contributed by atoms with Crippen LogP contribution >= 0.6 is 0 Å². The van der Waals surface area contributed by atoms with Crippen LogP contribution in [0.15, 0.2) is 0 Å². The summed E-state index contributed by atoms with van der Waals surface area (Å²) in [4.78, 5) is 14.5. The van der Waals surface area contributed by atoms with Gasteiger partial charge in [0.2, 0.25) is 15.9 Å². The van der Waals surface area contributed by atoms with Gasteiger partial charge in [-0.1, -0.05) is 6.92 Å². The van der Waals surface area contributed by atoms with Crippen LogP contribution in [0, 0.1) is 5.92 Å². The maximum Gasteiger partial charge on any atom is 0.240 e. The zero-order chi connectivity index (χ0) is 14.8. The molecule has 116 valence electrons. The minimum absolute atomic E-state index is 0.0134. The molecule has 2 aliphatic heterocycles. The van der Waals surface area contributed by atoms with Gasteiger partial charge in [0, 0.05) is 19.1 Å². The normalized spacial score (nSPS) is 31.5. The first-order valence-corrected chi connectivity index (χ1v) is 9.26. The molecule has 2 aliphatic rings. The second-order valence-corrected chi connectivity index (χ2v) is 7.83. The first-order valence-electron chi connectivity index (χ1n) is 7.37. The minimum Gasteiger partial charge on any atom is -0.337 e. The molecule has 2 N–H and O–H groups in total. The fourth-order valence-corrected chi connectivity index (χ4v) is 3.59. The number of sulfonamides is 1. The van der Waals surface area contributed by atoms with Gasteiger partial charge in [-0.25, -0.2) is 13.1 Å². The number of rotatable bonds is 4. The lowest BCUT2D eigenvalue weighted by Gasteiger charge is -2.38. The lowest BCUT2D eigenvalue weighted by Crippen LogP contribution is -2.55. The smallest absolute Gasteiger partial charge is 0.240 e. The topological polar surface area (TPSA) is 78.5 Å². The molecule has 7 heteroatoms. The molecular formula is C13H25N3O3S. The average Bonchev–Trinajstić information content (AvgIpc) is 2.81. The molecule has 0 saturated carbocycles. The van der Waals surface area contributed by atoms with E-state index in [1.165, 1.54) is 0 Å². The summed E-state index contributed by atoms with van der Waals surface area (Å²) in [5.41, 5.74) is 0. The summed E-state index contributed by atoms with van der Waals surface area (Å²) in [6, 6.07) is -0.116. The Bertz CT molecular complexity index is 452. The van der Waals surface area contributed by atoms with Gasteiger partial charge in [0.05, 0.1) is 12.3 Å². The molecule has 6 nitrogen and oxygen atoms in total. The van der Waals surface area contributed by atoms with Crippen molar-refractivity contribution in [3.8, 4) is 0 Å². The Morgan fingerprint density at radius 1 is 1.35 bits per heavy atom. The van der Waals surface area contributed by atoms with Crippen molar-refractivity contribution in [2.75, 3.05) is 25.9 Å². The number of likely N-dealkylation sites (tertiary alicyclic amines) is 1. The van der Waals surface area contributed by atoms with Crippen LogP contribution in [0.25, 0.3) is 0 Å². The van der Waals surface area contributed by atoms with E-state index in [4.69, 9.17) is 0 Å². The van der Waals surface area contributed by atoms with Gasteiger partial charge in [-0.15, -0.1) is 0 Å². The van der Waals surface area contributed by atoms with Crippen LogP contribution in [0.5, 0.6) is 0 Å². The molecule has 0 spiro atoms. The van der Waals surface area contributed by atoms with Gasteiger partial charge in [0.1, 0.15) is 0 Å². The summed E-state index contributed by atoms with van der Waals surface area (Å²) < 4.78 is 25.0. The fourth-order valence-electron chi connectivity index (χ4n) is 3.09. The standard InChI is InChI=1S/C13H25N3O3S/c1-10-6-7-14-12(10)13(17)16-8-4-3-5-11(16)9-15-20(2,18)19/h10-12,14-15H,3-9H2,1-2H3. The van der Waals surface area contributed by atoms with Crippen molar-refractivity contribution in [1.29, 1.82) is 0 Å². The third-order valence-corrected chi connectivity index (χ3v) is 4.98. The Hall–Kier alpha value is -0.660. The van der Waals surface area contributed by atoms with Crippen LogP contribution in [0.3, 0.4) is 0 Å². The maximum absolute atomic E-state index is 12.6. The molecule has 0 aromatic rings. The summed E-state index contributed by atoms with van der Waals surface area (Å²) in [7, 11) is -3.21. The van der Waals surface area contributed by atoms with Crippen molar-refractivity contribution in [1.82, 2.24) is 14.9 Å². The molecule has 2 rings (SSSR count). The van der Waals surface area contributed by atoms with Crippen LogP contribution < -0.4 is 10.0 Å². The maximum atomic E-state index is 12.6. The molecular weight excluding hydrogens is 278 g/mol. The quantitative estimate of drug-likeness (QED) is 0.761. The Morgan fingerprint density at radius 2 is 2.10 bits per heavy atom. The summed E-state index contributed by atoms with van der Waals surface area (Å²) >= 11 is 0. The van der Waals surface area contributed by atoms with E-state index >= 15 is 0 Å². The van der Waals surface area contributed by atoms with E-state index in [0.29, 0.717) is 12.5 Å². The van der Waals surface area contributed by atoms with Crippen LogP contribution in [0.4, 0.5) is 0 Å². The molecule has 0 aromatic heterocycles. The van der Waals surface area contributed by atoms with E-state index in [2.05, 4.69) is 17.0 Å². The van der Waals surface area contributed by atoms with Crippen molar-refractivity contribution in [2.45, 2.75) is 44.7 Å². The minimum atomic E-state index is -3.21. The fraction of sp³-hybridized carbons (Fsp3) is 0.923. The lowest BCUT2D eigenvalue weighted by molar-refractivity contribution is -0.137. The average molecular weight is 303 g/mol. The second-order valence-electron chi connectivity index (χ2n) is 6.00. The summed E-state index contributed by atoms with van der Waals surface area (Å²) in [6.07, 6.45) is 5.10. The zero-order valence-electron chi connectivity index (χ0n) is 12.3. The first-order chi connectivity index (χ1) is 9.38. The van der Waals surface area contributed by atoms with Crippen molar-refractivity contribution in [3.63, 3.8) is 0 Å². The highest BCUT2D eigenvalue weighted by atomic mass is 32.2. The van der Waals surface area contributed by atoms with Gasteiger partial charge in [-0.2, -0.15) is 0 Å². The number of carbonyl (C=O) groups excluding carboxylic acids is 1. The molecule has 0 aliphatic carbocycles. The number of piperidine rings is 1. The number of amides is 1. The zero-order valence-corrected chi connectivity index (χ0v) is 13.1. The van der Waals surface area contributed by atoms with E-state index in [1.54, 1.807) is 0 Å². The number of carbonyl (C=O) groups is 1. The van der Waals surface area contributed by atoms with Crippen molar-refractivity contribution in [3.05, 3.63) is 0 Å². The van der Waals surface area contributed by atoms with E-state index in [0.717, 1.165) is 45.0 Å². The van der Waals surface area contributed by atoms with Gasteiger partial charge in [0.15, 0.2) is 0 Å². The highest BCUT2D eigenvalue weighted by Crippen LogP contribution is 2.22. The first kappa shape index (κ1) is 15.7. The Balaban J connectivity index is 2.00. The summed E-state index contributed by atoms with van der Waals surface area (Å²) in [5.74, 6) is 0.489. The number of hydrogen-bond acceptors (Lipinski definition) is 4. The van der Waals surface area contributed by atoms with Crippen molar-refractivity contribution >= 4 is 15.9 Å². The highest BCUT2D eigenvalue weighted by molar-refractivity contribution is 7.88. The molecule has 2 heterocycles. The molecule has 0 bridgehead atoms. The van der Waals surface area contributed by atoms with Crippen LogP contribution in [0.2, 0.25) is 0 Å². The Kier molecular flexibility index (Phi) is 5.04. The highest BCUT2D eigenvalue weighted by Gasteiger charge is 2.36. The molecule has 20 heavy (non-hydrogen) atoms. The van der Waals surface area contributed by atoms with Crippen LogP contribution in [-0.2, 0) is 14.8 Å². The molecule has 0 radical (unpaired) electrons. The third kappa shape index (κ3) is 3.93. The van der Waals surface area contributed by atoms with E-state index in [-0.39, 0.29) is 18.0 Å². The molecule has 0 aromatic carbocycles. The van der Waals surface area contributed by atoms with Gasteiger partial charge in [0.25, 0.3) is 0 Å². The Morgan fingerprint density at radius 3 is 2.70 bits per heavy atom. The van der Waals surface area contributed by atoms with Crippen LogP contribution in [0.1, 0.15) is 32.6 Å². The van der Waals surface area contributed by atoms with E-state index in [9.17, 15) is 13.2 Å². The predicted octanol–water partition coefficient (Wildman–Crippen LogP) is -0.0853.